The van der Waals surface area contributed by atoms with Crippen LogP contribution in [0.5, 0.6) is 0 Å². The Morgan fingerprint density at radius 1 is 0.913 bits per heavy atom. The highest BCUT2D eigenvalue weighted by atomic mass is 35.5. The zero-order valence-corrected chi connectivity index (χ0v) is 13.8. The standard InChI is InChI=1S/C18H20FN3.ClH/c19-18-9-5-4-8-17(18)14-20-22-12-10-21(11-13-22)15-16-6-2-1-3-7-16;/h1-9,14H,10-13,15H2;1H/b20-14+;. The lowest BCUT2D eigenvalue weighted by Crippen LogP contribution is -2.43. The van der Waals surface area contributed by atoms with E-state index in [-0.39, 0.29) is 18.2 Å². The molecule has 0 spiro atoms. The second-order valence-electron chi connectivity index (χ2n) is 5.48. The van der Waals surface area contributed by atoms with Gasteiger partial charge in [0.2, 0.25) is 0 Å². The minimum atomic E-state index is -0.228. The monoisotopic (exact) mass is 333 g/mol. The summed E-state index contributed by atoms with van der Waals surface area (Å²) >= 11 is 0. The molecule has 0 atom stereocenters. The average Bonchev–Trinajstić information content (AvgIpc) is 2.56. The Bertz CT molecular complexity index is 625. The van der Waals surface area contributed by atoms with Crippen LogP contribution in [-0.4, -0.2) is 42.3 Å². The molecule has 0 bridgehead atoms. The summed E-state index contributed by atoms with van der Waals surface area (Å²) in [6, 6.07) is 17.2. The van der Waals surface area contributed by atoms with E-state index in [9.17, 15) is 4.39 Å². The van der Waals surface area contributed by atoms with Gasteiger partial charge in [0.05, 0.1) is 6.21 Å². The Morgan fingerprint density at radius 3 is 2.26 bits per heavy atom. The van der Waals surface area contributed by atoms with Crippen LogP contribution < -0.4 is 0 Å². The molecule has 0 saturated carbocycles. The molecule has 0 unspecified atom stereocenters. The number of halogens is 2. The Kier molecular flexibility index (Phi) is 6.56. The Balaban J connectivity index is 0.00000192. The molecule has 3 rings (SSSR count). The molecule has 1 aliphatic heterocycles. The van der Waals surface area contributed by atoms with Crippen molar-refractivity contribution in [2.75, 3.05) is 26.2 Å². The van der Waals surface area contributed by atoms with Crippen molar-refractivity contribution in [3.8, 4) is 0 Å². The predicted octanol–water partition coefficient (Wildman–Crippen LogP) is 3.40. The van der Waals surface area contributed by atoms with E-state index < -0.39 is 0 Å². The van der Waals surface area contributed by atoms with Gasteiger partial charge >= 0.3 is 0 Å². The molecule has 2 aromatic carbocycles. The largest absolute Gasteiger partial charge is 0.295 e. The summed E-state index contributed by atoms with van der Waals surface area (Å²) in [5.41, 5.74) is 1.88. The van der Waals surface area contributed by atoms with Crippen molar-refractivity contribution in [2.45, 2.75) is 6.54 Å². The fourth-order valence-electron chi connectivity index (χ4n) is 2.58. The van der Waals surface area contributed by atoms with E-state index in [0.29, 0.717) is 5.56 Å². The molecule has 3 nitrogen and oxygen atoms in total. The molecule has 0 aliphatic carbocycles. The zero-order valence-electron chi connectivity index (χ0n) is 12.9. The van der Waals surface area contributed by atoms with Gasteiger partial charge in [-0.3, -0.25) is 9.91 Å². The topological polar surface area (TPSA) is 18.8 Å². The minimum absolute atomic E-state index is 0. The van der Waals surface area contributed by atoms with Crippen LogP contribution in [0.2, 0.25) is 0 Å². The summed E-state index contributed by atoms with van der Waals surface area (Å²) < 4.78 is 13.5. The Morgan fingerprint density at radius 2 is 1.57 bits per heavy atom. The van der Waals surface area contributed by atoms with Crippen LogP contribution in [0.4, 0.5) is 4.39 Å². The quantitative estimate of drug-likeness (QED) is 0.799. The smallest absolute Gasteiger partial charge is 0.132 e. The van der Waals surface area contributed by atoms with E-state index in [4.69, 9.17) is 0 Å². The molecular weight excluding hydrogens is 313 g/mol. The van der Waals surface area contributed by atoms with Crippen molar-refractivity contribution in [2.24, 2.45) is 5.10 Å². The van der Waals surface area contributed by atoms with Crippen LogP contribution in [-0.2, 0) is 6.54 Å². The number of nitrogens with zero attached hydrogens (tertiary/aromatic N) is 3. The molecule has 23 heavy (non-hydrogen) atoms. The first kappa shape index (κ1) is 17.4. The summed E-state index contributed by atoms with van der Waals surface area (Å²) in [5.74, 6) is -0.228. The first-order chi connectivity index (χ1) is 10.8. The molecule has 0 aromatic heterocycles. The minimum Gasteiger partial charge on any atom is -0.295 e. The molecular formula is C18H21ClFN3. The van der Waals surface area contributed by atoms with Crippen LogP contribution in [0.1, 0.15) is 11.1 Å². The van der Waals surface area contributed by atoms with Gasteiger partial charge in [-0.1, -0.05) is 48.5 Å². The van der Waals surface area contributed by atoms with Crippen LogP contribution >= 0.6 is 12.4 Å². The molecule has 0 amide bonds. The van der Waals surface area contributed by atoms with Gasteiger partial charge in [0.1, 0.15) is 5.82 Å². The first-order valence-corrected chi connectivity index (χ1v) is 7.61. The first-order valence-electron chi connectivity index (χ1n) is 7.61. The van der Waals surface area contributed by atoms with Gasteiger partial charge in [-0.05, 0) is 11.6 Å². The van der Waals surface area contributed by atoms with Gasteiger partial charge in [-0.25, -0.2) is 4.39 Å². The maximum Gasteiger partial charge on any atom is 0.132 e. The predicted molar refractivity (Wildman–Crippen MR) is 94.5 cm³/mol. The Hall–Kier alpha value is -1.91. The molecule has 1 saturated heterocycles. The van der Waals surface area contributed by atoms with E-state index in [0.717, 1.165) is 32.7 Å². The van der Waals surface area contributed by atoms with Crippen LogP contribution in [0.15, 0.2) is 59.7 Å². The summed E-state index contributed by atoms with van der Waals surface area (Å²) in [7, 11) is 0. The van der Waals surface area contributed by atoms with E-state index in [2.05, 4.69) is 34.3 Å². The average molecular weight is 334 g/mol. The van der Waals surface area contributed by atoms with Crippen molar-refractivity contribution in [1.29, 1.82) is 0 Å². The summed E-state index contributed by atoms with van der Waals surface area (Å²) in [4.78, 5) is 2.42. The summed E-state index contributed by atoms with van der Waals surface area (Å²) in [6.07, 6.45) is 1.61. The molecule has 5 heteroatoms. The number of rotatable bonds is 4. The lowest BCUT2D eigenvalue weighted by atomic mass is 10.2. The lowest BCUT2D eigenvalue weighted by molar-refractivity contribution is 0.131. The normalized spacial score (nSPS) is 15.6. The number of hydrazone groups is 1. The molecule has 0 N–H and O–H groups in total. The third-order valence-electron chi connectivity index (χ3n) is 3.86. The van der Waals surface area contributed by atoms with E-state index in [1.54, 1.807) is 18.3 Å². The third kappa shape index (κ3) is 5.05. The lowest BCUT2D eigenvalue weighted by Gasteiger charge is -2.33. The number of benzene rings is 2. The Labute approximate surface area is 142 Å². The van der Waals surface area contributed by atoms with Crippen molar-refractivity contribution < 1.29 is 4.39 Å². The molecule has 0 radical (unpaired) electrons. The van der Waals surface area contributed by atoms with Gasteiger partial charge in [-0.15, -0.1) is 12.4 Å². The maximum atomic E-state index is 13.5. The molecule has 1 heterocycles. The molecule has 122 valence electrons. The fourth-order valence-corrected chi connectivity index (χ4v) is 2.58. The zero-order chi connectivity index (χ0) is 15.2. The van der Waals surface area contributed by atoms with Gasteiger partial charge in [-0.2, -0.15) is 5.10 Å². The van der Waals surface area contributed by atoms with Crippen LogP contribution in [0.3, 0.4) is 0 Å². The molecule has 1 aliphatic rings. The van der Waals surface area contributed by atoms with Crippen LogP contribution in [0.25, 0.3) is 0 Å². The second kappa shape index (κ2) is 8.65. The van der Waals surface area contributed by atoms with Gasteiger partial charge < -0.3 is 0 Å². The van der Waals surface area contributed by atoms with Crippen molar-refractivity contribution in [3.63, 3.8) is 0 Å². The fraction of sp³-hybridized carbons (Fsp3) is 0.278. The molecule has 1 fully saturated rings. The number of piperazine rings is 1. The third-order valence-corrected chi connectivity index (χ3v) is 3.86. The molecule has 2 aromatic rings. The summed E-state index contributed by atoms with van der Waals surface area (Å²) in [6.45, 7) is 4.67. The number of hydrogen-bond acceptors (Lipinski definition) is 3. The highest BCUT2D eigenvalue weighted by molar-refractivity contribution is 5.85. The van der Waals surface area contributed by atoms with Crippen molar-refractivity contribution in [3.05, 3.63) is 71.5 Å². The van der Waals surface area contributed by atoms with Gasteiger partial charge in [0.25, 0.3) is 0 Å². The highest BCUT2D eigenvalue weighted by Crippen LogP contribution is 2.09. The van der Waals surface area contributed by atoms with Gasteiger partial charge in [0.15, 0.2) is 0 Å². The SMILES string of the molecule is Cl.Fc1ccccc1/C=N/N1CCN(Cc2ccccc2)CC1. The van der Waals surface area contributed by atoms with E-state index in [1.807, 2.05) is 17.1 Å². The van der Waals surface area contributed by atoms with Crippen molar-refractivity contribution >= 4 is 18.6 Å². The van der Waals surface area contributed by atoms with E-state index in [1.165, 1.54) is 11.6 Å². The van der Waals surface area contributed by atoms with Crippen LogP contribution in [0, 0.1) is 5.82 Å². The highest BCUT2D eigenvalue weighted by Gasteiger charge is 2.15. The maximum absolute atomic E-state index is 13.5. The van der Waals surface area contributed by atoms with Gasteiger partial charge in [0, 0.05) is 38.3 Å². The van der Waals surface area contributed by atoms with E-state index >= 15 is 0 Å². The van der Waals surface area contributed by atoms with Crippen molar-refractivity contribution in [1.82, 2.24) is 9.91 Å². The number of hydrogen-bond donors (Lipinski definition) is 0. The second-order valence-corrected chi connectivity index (χ2v) is 5.48. The summed E-state index contributed by atoms with van der Waals surface area (Å²) in [5, 5.41) is 6.41.